The summed E-state index contributed by atoms with van der Waals surface area (Å²) in [5.41, 5.74) is 1.83. The largest absolute Gasteiger partial charge is 0.488 e. The third kappa shape index (κ3) is 3.34. The summed E-state index contributed by atoms with van der Waals surface area (Å²) in [5, 5.41) is 0.295. The zero-order valence-electron chi connectivity index (χ0n) is 14.3. The fourth-order valence-electron chi connectivity index (χ4n) is 2.82. The summed E-state index contributed by atoms with van der Waals surface area (Å²) >= 11 is 6.03. The molecule has 6 heteroatoms. The number of rotatable bonds is 4. The average molecular weight is 385 g/mol. The van der Waals surface area contributed by atoms with Gasteiger partial charge in [0.25, 0.3) is 0 Å². The topological polar surface area (TPSA) is 48.7 Å². The van der Waals surface area contributed by atoms with Crippen molar-refractivity contribution in [3.63, 3.8) is 0 Å². The van der Waals surface area contributed by atoms with Crippen LogP contribution in [0.5, 0.6) is 11.5 Å². The van der Waals surface area contributed by atoms with Gasteiger partial charge < -0.3 is 13.9 Å². The molecule has 0 aliphatic carbocycles. The Morgan fingerprint density at radius 1 is 1.22 bits per heavy atom. The molecule has 27 heavy (non-hydrogen) atoms. The van der Waals surface area contributed by atoms with Gasteiger partial charge in [-0.25, -0.2) is 4.39 Å². The minimum absolute atomic E-state index is 0.168. The number of benzene rings is 2. The van der Waals surface area contributed by atoms with Crippen LogP contribution in [0.4, 0.5) is 4.39 Å². The molecule has 1 aromatic heterocycles. The van der Waals surface area contributed by atoms with Gasteiger partial charge in [0.05, 0.1) is 16.8 Å². The van der Waals surface area contributed by atoms with Crippen LogP contribution in [-0.4, -0.2) is 5.78 Å². The highest BCUT2D eigenvalue weighted by Crippen LogP contribution is 2.39. The Morgan fingerprint density at radius 2 is 2.07 bits per heavy atom. The average Bonchev–Trinajstić information content (AvgIpc) is 3.26. The summed E-state index contributed by atoms with van der Waals surface area (Å²) in [5.74, 6) is 1.13. The van der Waals surface area contributed by atoms with Crippen LogP contribution in [-0.2, 0) is 6.61 Å². The van der Waals surface area contributed by atoms with E-state index in [0.29, 0.717) is 39.0 Å². The first-order valence-electron chi connectivity index (χ1n) is 8.21. The summed E-state index contributed by atoms with van der Waals surface area (Å²) in [6.07, 6.45) is 3.08. The molecule has 0 unspecified atom stereocenters. The van der Waals surface area contributed by atoms with Crippen molar-refractivity contribution in [2.24, 2.45) is 0 Å². The van der Waals surface area contributed by atoms with Gasteiger partial charge in [-0.05, 0) is 43.3 Å². The van der Waals surface area contributed by atoms with Gasteiger partial charge in [0.15, 0.2) is 5.76 Å². The second-order valence-electron chi connectivity index (χ2n) is 6.04. The SMILES string of the molecule is Cc1c(OCc2ccc(F)cc2Cl)ccc2c1O/C(=C\c1ccco1)C2=O. The van der Waals surface area contributed by atoms with Gasteiger partial charge >= 0.3 is 0 Å². The molecule has 2 aromatic carbocycles. The molecule has 4 nitrogen and oxygen atoms in total. The fraction of sp³-hybridized carbons (Fsp3) is 0.0952. The Balaban J connectivity index is 1.57. The van der Waals surface area contributed by atoms with Gasteiger partial charge in [-0.1, -0.05) is 17.7 Å². The Hall–Kier alpha value is -3.05. The number of fused-ring (bicyclic) bond motifs is 1. The van der Waals surface area contributed by atoms with Crippen LogP contribution in [0, 0.1) is 12.7 Å². The standard InChI is InChI=1S/C21H14ClFO4/c1-12-18(26-11-13-4-5-14(23)9-17(13)22)7-6-16-20(24)19(27-21(12)16)10-15-3-2-8-25-15/h2-10H,11H2,1H3/b19-10-. The number of ketones is 1. The summed E-state index contributed by atoms with van der Waals surface area (Å²) in [4.78, 5) is 12.5. The van der Waals surface area contributed by atoms with E-state index < -0.39 is 5.82 Å². The van der Waals surface area contributed by atoms with Crippen LogP contribution in [0.25, 0.3) is 6.08 Å². The highest BCUT2D eigenvalue weighted by Gasteiger charge is 2.30. The first-order valence-corrected chi connectivity index (χ1v) is 8.59. The summed E-state index contributed by atoms with van der Waals surface area (Å²) in [6.45, 7) is 1.98. The van der Waals surface area contributed by atoms with Crippen LogP contribution < -0.4 is 9.47 Å². The number of allylic oxidation sites excluding steroid dienone is 1. The van der Waals surface area contributed by atoms with Crippen molar-refractivity contribution in [3.05, 3.63) is 87.8 Å². The lowest BCUT2D eigenvalue weighted by molar-refractivity contribution is 0.101. The zero-order chi connectivity index (χ0) is 19.0. The number of ether oxygens (including phenoxy) is 2. The Morgan fingerprint density at radius 3 is 2.81 bits per heavy atom. The molecule has 136 valence electrons. The second-order valence-corrected chi connectivity index (χ2v) is 6.45. The Labute approximate surface area is 159 Å². The Bertz CT molecular complexity index is 1050. The zero-order valence-corrected chi connectivity index (χ0v) is 15.0. The van der Waals surface area contributed by atoms with E-state index in [4.69, 9.17) is 25.5 Å². The minimum Gasteiger partial charge on any atom is -0.488 e. The smallest absolute Gasteiger partial charge is 0.232 e. The first-order chi connectivity index (χ1) is 13.0. The monoisotopic (exact) mass is 384 g/mol. The Kier molecular flexibility index (Phi) is 4.46. The molecule has 0 saturated heterocycles. The quantitative estimate of drug-likeness (QED) is 0.551. The third-order valence-electron chi connectivity index (χ3n) is 4.25. The predicted molar refractivity (Wildman–Crippen MR) is 98.6 cm³/mol. The molecular weight excluding hydrogens is 371 g/mol. The first kappa shape index (κ1) is 17.4. The molecule has 0 fully saturated rings. The maximum atomic E-state index is 13.1. The summed E-state index contributed by atoms with van der Waals surface area (Å²) < 4.78 is 29.9. The lowest BCUT2D eigenvalue weighted by atomic mass is 10.1. The number of hydrogen-bond donors (Lipinski definition) is 0. The van der Waals surface area contributed by atoms with Gasteiger partial charge in [-0.3, -0.25) is 4.79 Å². The minimum atomic E-state index is -0.403. The molecule has 1 aliphatic heterocycles. The van der Waals surface area contributed by atoms with Gasteiger partial charge in [0.1, 0.15) is 29.7 Å². The van der Waals surface area contributed by atoms with Crippen LogP contribution in [0.3, 0.4) is 0 Å². The van der Waals surface area contributed by atoms with Crippen LogP contribution >= 0.6 is 11.6 Å². The summed E-state index contributed by atoms with van der Waals surface area (Å²) in [6, 6.07) is 11.0. The van der Waals surface area contributed by atoms with Crippen molar-refractivity contribution in [3.8, 4) is 11.5 Å². The molecular formula is C21H14ClFO4. The molecule has 0 amide bonds. The van der Waals surface area contributed by atoms with E-state index in [2.05, 4.69) is 0 Å². The highest BCUT2D eigenvalue weighted by atomic mass is 35.5. The molecule has 0 bridgehead atoms. The molecule has 2 heterocycles. The molecule has 4 rings (SSSR count). The van der Waals surface area contributed by atoms with E-state index in [1.54, 1.807) is 36.4 Å². The summed E-state index contributed by atoms with van der Waals surface area (Å²) in [7, 11) is 0. The predicted octanol–water partition coefficient (Wildman–Crippen LogP) is 5.58. The van der Waals surface area contributed by atoms with Crippen molar-refractivity contribution >= 4 is 23.5 Å². The number of Topliss-reactive ketones (excluding diaryl/α,β-unsaturated/α-hetero) is 1. The number of carbonyl (C=O) groups is 1. The molecule has 0 spiro atoms. The van der Waals surface area contributed by atoms with E-state index in [1.807, 2.05) is 6.92 Å². The lowest BCUT2D eigenvalue weighted by Gasteiger charge is -2.12. The third-order valence-corrected chi connectivity index (χ3v) is 4.60. The van der Waals surface area contributed by atoms with E-state index in [-0.39, 0.29) is 18.1 Å². The lowest BCUT2D eigenvalue weighted by Crippen LogP contribution is -1.99. The van der Waals surface area contributed by atoms with Crippen molar-refractivity contribution in [2.45, 2.75) is 13.5 Å². The van der Waals surface area contributed by atoms with Gasteiger partial charge in [-0.2, -0.15) is 0 Å². The van der Waals surface area contributed by atoms with Crippen molar-refractivity contribution < 1.29 is 23.1 Å². The van der Waals surface area contributed by atoms with Gasteiger partial charge in [0.2, 0.25) is 5.78 Å². The molecule has 0 radical (unpaired) electrons. The highest BCUT2D eigenvalue weighted by molar-refractivity contribution is 6.31. The van der Waals surface area contributed by atoms with E-state index >= 15 is 0 Å². The molecule has 0 atom stereocenters. The van der Waals surface area contributed by atoms with Gasteiger partial charge in [0, 0.05) is 17.2 Å². The van der Waals surface area contributed by atoms with Crippen LogP contribution in [0.15, 0.2) is 58.9 Å². The van der Waals surface area contributed by atoms with E-state index in [1.165, 1.54) is 18.4 Å². The molecule has 0 saturated carbocycles. The van der Waals surface area contributed by atoms with Crippen LogP contribution in [0.2, 0.25) is 5.02 Å². The number of carbonyl (C=O) groups excluding carboxylic acids is 1. The van der Waals surface area contributed by atoms with E-state index in [0.717, 1.165) is 0 Å². The number of hydrogen-bond acceptors (Lipinski definition) is 4. The molecule has 1 aliphatic rings. The van der Waals surface area contributed by atoms with Crippen molar-refractivity contribution in [1.29, 1.82) is 0 Å². The number of halogens is 2. The van der Waals surface area contributed by atoms with Crippen molar-refractivity contribution in [1.82, 2.24) is 0 Å². The fourth-order valence-corrected chi connectivity index (χ4v) is 3.04. The normalized spacial score (nSPS) is 14.3. The number of furan rings is 1. The van der Waals surface area contributed by atoms with Crippen LogP contribution in [0.1, 0.15) is 27.2 Å². The van der Waals surface area contributed by atoms with E-state index in [9.17, 15) is 9.18 Å². The molecule has 3 aromatic rings. The maximum Gasteiger partial charge on any atom is 0.232 e. The van der Waals surface area contributed by atoms with Crippen molar-refractivity contribution in [2.75, 3.05) is 0 Å². The van der Waals surface area contributed by atoms with Gasteiger partial charge in [-0.15, -0.1) is 0 Å². The maximum absolute atomic E-state index is 13.1. The second kappa shape index (κ2) is 6.93. The molecule has 0 N–H and O–H groups in total.